The third-order valence-electron chi connectivity index (χ3n) is 2.68. The van der Waals surface area contributed by atoms with Crippen molar-refractivity contribution in [2.75, 3.05) is 0 Å². The zero-order valence-corrected chi connectivity index (χ0v) is 9.09. The van der Waals surface area contributed by atoms with Gasteiger partial charge in [-0.1, -0.05) is 18.2 Å². The molecule has 0 N–H and O–H groups in total. The average molecular weight is 226 g/mol. The molecule has 2 aromatic heterocycles. The van der Waals surface area contributed by atoms with Crippen LogP contribution in [-0.4, -0.2) is 9.55 Å². The van der Waals surface area contributed by atoms with Crippen LogP contribution in [0.4, 0.5) is 0 Å². The Labute approximate surface area is 96.8 Å². The van der Waals surface area contributed by atoms with Crippen LogP contribution in [0.1, 0.15) is 0 Å². The van der Waals surface area contributed by atoms with E-state index >= 15 is 0 Å². The lowest BCUT2D eigenvalue weighted by atomic mass is 10.2. The van der Waals surface area contributed by atoms with E-state index in [0.29, 0.717) is 23.2 Å². The third kappa shape index (κ3) is 1.38. The van der Waals surface area contributed by atoms with Crippen LogP contribution in [0.2, 0.25) is 0 Å². The van der Waals surface area contributed by atoms with Gasteiger partial charge in [-0.3, -0.25) is 9.36 Å². The standard InChI is InChI=1S/C13H10N2O2/c1-2-7-15-8-14-11-9-5-3-4-6-10(9)17-12(11)13(15)16/h2-6,8H,1,7H2. The predicted octanol–water partition coefficient (Wildman–Crippen LogP) is 2.33. The molecule has 0 atom stereocenters. The topological polar surface area (TPSA) is 48.0 Å². The first kappa shape index (κ1) is 9.84. The number of allylic oxidation sites excluding steroid dienone is 1. The van der Waals surface area contributed by atoms with Crippen LogP contribution in [0.5, 0.6) is 0 Å². The van der Waals surface area contributed by atoms with Gasteiger partial charge in [0.2, 0.25) is 5.58 Å². The van der Waals surface area contributed by atoms with Crippen molar-refractivity contribution in [3.8, 4) is 0 Å². The Morgan fingerprint density at radius 3 is 3.06 bits per heavy atom. The van der Waals surface area contributed by atoms with E-state index in [1.54, 1.807) is 6.08 Å². The first-order chi connectivity index (χ1) is 8.31. The van der Waals surface area contributed by atoms with E-state index in [-0.39, 0.29) is 5.56 Å². The number of furan rings is 1. The molecule has 0 bridgehead atoms. The molecule has 3 rings (SSSR count). The zero-order valence-electron chi connectivity index (χ0n) is 9.09. The van der Waals surface area contributed by atoms with E-state index in [4.69, 9.17) is 4.42 Å². The number of benzene rings is 1. The van der Waals surface area contributed by atoms with E-state index in [2.05, 4.69) is 11.6 Å². The van der Waals surface area contributed by atoms with E-state index in [9.17, 15) is 4.79 Å². The van der Waals surface area contributed by atoms with Gasteiger partial charge in [0, 0.05) is 11.9 Å². The minimum Gasteiger partial charge on any atom is -0.448 e. The summed E-state index contributed by atoms with van der Waals surface area (Å²) in [5, 5.41) is 0.866. The average Bonchev–Trinajstić information content (AvgIpc) is 2.73. The van der Waals surface area contributed by atoms with Crippen molar-refractivity contribution >= 4 is 22.1 Å². The van der Waals surface area contributed by atoms with Crippen molar-refractivity contribution in [3.63, 3.8) is 0 Å². The molecule has 0 saturated heterocycles. The Morgan fingerprint density at radius 2 is 2.24 bits per heavy atom. The van der Waals surface area contributed by atoms with Gasteiger partial charge in [0.25, 0.3) is 5.56 Å². The molecule has 1 aromatic carbocycles. The van der Waals surface area contributed by atoms with E-state index in [1.807, 2.05) is 24.3 Å². The summed E-state index contributed by atoms with van der Waals surface area (Å²) < 4.78 is 7.01. The van der Waals surface area contributed by atoms with Crippen LogP contribution in [0, 0.1) is 0 Å². The second-order valence-electron chi connectivity index (χ2n) is 3.77. The molecule has 0 aliphatic rings. The fourth-order valence-electron chi connectivity index (χ4n) is 1.88. The summed E-state index contributed by atoms with van der Waals surface area (Å²) in [6.45, 7) is 4.03. The summed E-state index contributed by atoms with van der Waals surface area (Å²) in [7, 11) is 0. The third-order valence-corrected chi connectivity index (χ3v) is 2.68. The maximum Gasteiger partial charge on any atom is 0.297 e. The van der Waals surface area contributed by atoms with Crippen LogP contribution in [0.3, 0.4) is 0 Å². The monoisotopic (exact) mass is 226 g/mol. The Balaban J connectivity index is 2.44. The lowest BCUT2D eigenvalue weighted by molar-refractivity contribution is 0.645. The number of hydrogen-bond acceptors (Lipinski definition) is 3. The summed E-state index contributed by atoms with van der Waals surface area (Å²) in [4.78, 5) is 16.3. The lowest BCUT2D eigenvalue weighted by Crippen LogP contribution is -2.19. The summed E-state index contributed by atoms with van der Waals surface area (Å²) in [5.74, 6) is 0. The highest BCUT2D eigenvalue weighted by Gasteiger charge is 2.11. The largest absolute Gasteiger partial charge is 0.448 e. The molecule has 0 aliphatic carbocycles. The Morgan fingerprint density at radius 1 is 1.41 bits per heavy atom. The van der Waals surface area contributed by atoms with Crippen LogP contribution in [0.25, 0.3) is 22.1 Å². The van der Waals surface area contributed by atoms with Gasteiger partial charge < -0.3 is 4.42 Å². The van der Waals surface area contributed by atoms with E-state index in [1.165, 1.54) is 10.9 Å². The fourth-order valence-corrected chi connectivity index (χ4v) is 1.88. The Hall–Kier alpha value is -2.36. The normalized spacial score (nSPS) is 11.1. The van der Waals surface area contributed by atoms with Crippen molar-refractivity contribution in [2.45, 2.75) is 6.54 Å². The molecule has 0 aliphatic heterocycles. The predicted molar refractivity (Wildman–Crippen MR) is 66.0 cm³/mol. The highest BCUT2D eigenvalue weighted by Crippen LogP contribution is 2.23. The van der Waals surface area contributed by atoms with Gasteiger partial charge >= 0.3 is 0 Å². The summed E-state index contributed by atoms with van der Waals surface area (Å²) >= 11 is 0. The van der Waals surface area contributed by atoms with Crippen LogP contribution in [0.15, 0.2) is 52.5 Å². The second-order valence-corrected chi connectivity index (χ2v) is 3.77. The molecule has 0 unspecified atom stereocenters. The number of para-hydroxylation sites is 1. The minimum atomic E-state index is -0.175. The highest BCUT2D eigenvalue weighted by molar-refractivity contribution is 6.01. The van der Waals surface area contributed by atoms with Crippen molar-refractivity contribution in [3.05, 3.63) is 53.6 Å². The Bertz CT molecular complexity index is 768. The van der Waals surface area contributed by atoms with Crippen molar-refractivity contribution in [2.24, 2.45) is 0 Å². The molecule has 0 amide bonds. The second kappa shape index (κ2) is 3.59. The van der Waals surface area contributed by atoms with E-state index in [0.717, 1.165) is 5.39 Å². The number of fused-ring (bicyclic) bond motifs is 3. The maximum atomic E-state index is 12.1. The fraction of sp³-hybridized carbons (Fsp3) is 0.0769. The van der Waals surface area contributed by atoms with Crippen LogP contribution < -0.4 is 5.56 Å². The minimum absolute atomic E-state index is 0.175. The number of hydrogen-bond donors (Lipinski definition) is 0. The molecule has 84 valence electrons. The van der Waals surface area contributed by atoms with Crippen molar-refractivity contribution in [1.82, 2.24) is 9.55 Å². The number of rotatable bonds is 2. The Kier molecular flexibility index (Phi) is 2.08. The smallest absolute Gasteiger partial charge is 0.297 e. The molecule has 4 nitrogen and oxygen atoms in total. The van der Waals surface area contributed by atoms with Gasteiger partial charge in [-0.2, -0.15) is 0 Å². The quantitative estimate of drug-likeness (QED) is 0.630. The van der Waals surface area contributed by atoms with Crippen molar-refractivity contribution in [1.29, 1.82) is 0 Å². The van der Waals surface area contributed by atoms with Crippen molar-refractivity contribution < 1.29 is 4.42 Å². The van der Waals surface area contributed by atoms with Gasteiger partial charge in [0.15, 0.2) is 0 Å². The van der Waals surface area contributed by atoms with Gasteiger partial charge in [-0.15, -0.1) is 6.58 Å². The molecule has 0 saturated carbocycles. The molecule has 0 radical (unpaired) electrons. The molecular weight excluding hydrogens is 216 g/mol. The summed E-state index contributed by atoms with van der Waals surface area (Å²) in [5.41, 5.74) is 1.43. The first-order valence-electron chi connectivity index (χ1n) is 5.29. The van der Waals surface area contributed by atoms with Gasteiger partial charge in [-0.25, -0.2) is 4.98 Å². The highest BCUT2D eigenvalue weighted by atomic mass is 16.3. The number of aromatic nitrogens is 2. The molecule has 3 aromatic rings. The van der Waals surface area contributed by atoms with Gasteiger partial charge in [0.05, 0.1) is 6.33 Å². The molecule has 0 fully saturated rings. The summed E-state index contributed by atoms with van der Waals surface area (Å²) in [6.07, 6.45) is 3.17. The van der Waals surface area contributed by atoms with Gasteiger partial charge in [0.1, 0.15) is 11.1 Å². The summed E-state index contributed by atoms with van der Waals surface area (Å²) in [6, 6.07) is 7.49. The lowest BCUT2D eigenvalue weighted by Gasteiger charge is -1.98. The van der Waals surface area contributed by atoms with Crippen LogP contribution in [-0.2, 0) is 6.54 Å². The molecule has 17 heavy (non-hydrogen) atoms. The first-order valence-corrected chi connectivity index (χ1v) is 5.29. The molecule has 2 heterocycles. The molecule has 4 heteroatoms. The SMILES string of the molecule is C=CCn1cnc2c(oc3ccccc32)c1=O. The zero-order chi connectivity index (χ0) is 11.8. The molecule has 0 spiro atoms. The van der Waals surface area contributed by atoms with Gasteiger partial charge in [-0.05, 0) is 12.1 Å². The molecular formula is C13H10N2O2. The van der Waals surface area contributed by atoms with Crippen LogP contribution >= 0.6 is 0 Å². The maximum absolute atomic E-state index is 12.1. The number of nitrogens with zero attached hydrogens (tertiary/aromatic N) is 2. The van der Waals surface area contributed by atoms with E-state index < -0.39 is 0 Å².